The minimum Gasteiger partial charge on any atom is -0.479 e. The van der Waals surface area contributed by atoms with Crippen molar-refractivity contribution in [3.05, 3.63) is 64.4 Å². The number of hydrogen-bond acceptors (Lipinski definition) is 2. The zero-order valence-electron chi connectivity index (χ0n) is 14.3. The average molecular weight is 345 g/mol. The molecule has 0 aliphatic carbocycles. The highest BCUT2D eigenvalue weighted by molar-refractivity contribution is 6.30. The fourth-order valence-corrected chi connectivity index (χ4v) is 3.47. The van der Waals surface area contributed by atoms with Crippen LogP contribution in [-0.2, 0) is 0 Å². The van der Waals surface area contributed by atoms with E-state index in [-0.39, 0.29) is 5.56 Å². The molecule has 2 aromatic rings. The Kier molecular flexibility index (Phi) is 3.88. The molecule has 4 rings (SSSR count). The summed E-state index contributed by atoms with van der Waals surface area (Å²) in [5.74, 6) is 0.113. The molecule has 24 heavy (non-hydrogen) atoms. The number of nitrogens with zero attached hydrogens (tertiary/aromatic N) is 1. The Morgan fingerprint density at radius 1 is 1.17 bits per heavy atom. The fourth-order valence-electron chi connectivity index (χ4n) is 3.31. The maximum absolute atomic E-state index is 14.4. The smallest absolute Gasteiger partial charge is 0.151 e. The highest BCUT2D eigenvalue weighted by Crippen LogP contribution is 2.41. The van der Waals surface area contributed by atoms with Gasteiger partial charge in [0, 0.05) is 29.2 Å². The lowest BCUT2D eigenvalue weighted by molar-refractivity contribution is 0.246. The van der Waals surface area contributed by atoms with Gasteiger partial charge in [-0.25, -0.2) is 4.39 Å². The number of benzene rings is 2. The first-order valence-corrected chi connectivity index (χ1v) is 8.66. The minimum atomic E-state index is -1.60. The van der Waals surface area contributed by atoms with E-state index in [4.69, 9.17) is 17.7 Å². The van der Waals surface area contributed by atoms with Crippen LogP contribution < -0.4 is 9.64 Å². The van der Waals surface area contributed by atoms with E-state index < -0.39 is 11.9 Å². The van der Waals surface area contributed by atoms with Crippen LogP contribution in [0.3, 0.4) is 0 Å². The van der Waals surface area contributed by atoms with Crippen LogP contribution in [0.5, 0.6) is 5.75 Å². The van der Waals surface area contributed by atoms with E-state index in [2.05, 4.69) is 4.90 Å². The molecular formula is C20H19ClFNO. The van der Waals surface area contributed by atoms with E-state index in [1.807, 2.05) is 24.3 Å². The topological polar surface area (TPSA) is 12.5 Å². The third-order valence-corrected chi connectivity index (χ3v) is 4.78. The molecule has 0 amide bonds. The van der Waals surface area contributed by atoms with Crippen molar-refractivity contribution in [1.82, 2.24) is 0 Å². The zero-order valence-corrected chi connectivity index (χ0v) is 14.0. The van der Waals surface area contributed by atoms with Crippen molar-refractivity contribution in [1.29, 1.82) is 0 Å². The van der Waals surface area contributed by atoms with Crippen molar-refractivity contribution in [2.75, 3.05) is 18.0 Å². The van der Waals surface area contributed by atoms with Gasteiger partial charge in [-0.15, -0.1) is 0 Å². The number of anilines is 1. The maximum Gasteiger partial charge on any atom is 0.151 e. The molecular weight excluding hydrogens is 325 g/mol. The van der Waals surface area contributed by atoms with Gasteiger partial charge in [0.25, 0.3) is 0 Å². The van der Waals surface area contributed by atoms with Crippen LogP contribution in [0.4, 0.5) is 10.1 Å². The third kappa shape index (κ3) is 2.89. The molecule has 1 saturated heterocycles. The first-order valence-electron chi connectivity index (χ1n) is 8.79. The molecule has 0 radical (unpaired) electrons. The van der Waals surface area contributed by atoms with E-state index in [0.29, 0.717) is 10.8 Å². The summed E-state index contributed by atoms with van der Waals surface area (Å²) in [7, 11) is 0. The second-order valence-electron chi connectivity index (χ2n) is 6.17. The van der Waals surface area contributed by atoms with E-state index in [1.54, 1.807) is 12.1 Å². The van der Waals surface area contributed by atoms with Gasteiger partial charge < -0.3 is 9.64 Å². The Bertz CT molecular complexity index is 834. The molecule has 0 aromatic heterocycles. The average Bonchev–Trinajstić information content (AvgIpc) is 2.61. The summed E-state index contributed by atoms with van der Waals surface area (Å²) in [6.07, 6.45) is 5.36. The van der Waals surface area contributed by atoms with Crippen molar-refractivity contribution >= 4 is 23.4 Å². The lowest BCUT2D eigenvalue weighted by atomic mass is 10.0. The number of halogens is 2. The van der Waals surface area contributed by atoms with E-state index in [0.717, 1.165) is 37.2 Å². The molecule has 1 fully saturated rings. The summed E-state index contributed by atoms with van der Waals surface area (Å²) in [5.41, 5.74) is 2.06. The predicted octanol–water partition coefficient (Wildman–Crippen LogP) is 5.62. The second kappa shape index (κ2) is 6.48. The van der Waals surface area contributed by atoms with Crippen molar-refractivity contribution in [2.24, 2.45) is 0 Å². The largest absolute Gasteiger partial charge is 0.479 e. The van der Waals surface area contributed by atoms with Crippen LogP contribution >= 0.6 is 11.6 Å². The van der Waals surface area contributed by atoms with E-state index in [1.165, 1.54) is 18.6 Å². The summed E-state index contributed by atoms with van der Waals surface area (Å²) < 4.78 is 29.2. The molecule has 2 aliphatic heterocycles. The van der Waals surface area contributed by atoms with Gasteiger partial charge in [0.05, 0.1) is 7.06 Å². The molecule has 2 heterocycles. The van der Waals surface area contributed by atoms with Gasteiger partial charge in [-0.2, -0.15) is 0 Å². The zero-order chi connectivity index (χ0) is 17.4. The summed E-state index contributed by atoms with van der Waals surface area (Å²) in [6.45, 7) is 1.95. The number of rotatable bonds is 2. The fraction of sp³-hybridized carbons (Fsp3) is 0.300. The summed E-state index contributed by atoms with van der Waals surface area (Å²) in [6, 6.07) is 10.3. The summed E-state index contributed by atoms with van der Waals surface area (Å²) >= 11 is 5.84. The van der Waals surface area contributed by atoms with E-state index in [9.17, 15) is 4.39 Å². The molecule has 124 valence electrons. The molecule has 4 heteroatoms. The van der Waals surface area contributed by atoms with Crippen LogP contribution in [0, 0.1) is 5.82 Å². The van der Waals surface area contributed by atoms with Crippen molar-refractivity contribution in [3.63, 3.8) is 0 Å². The van der Waals surface area contributed by atoms with Gasteiger partial charge in [-0.05, 0) is 43.5 Å². The molecule has 2 aromatic carbocycles. The van der Waals surface area contributed by atoms with Gasteiger partial charge in [0.2, 0.25) is 0 Å². The number of hydrogen-bond donors (Lipinski definition) is 0. The third-order valence-electron chi connectivity index (χ3n) is 4.54. The van der Waals surface area contributed by atoms with Crippen LogP contribution in [-0.4, -0.2) is 13.1 Å². The van der Waals surface area contributed by atoms with Crippen molar-refractivity contribution < 1.29 is 10.5 Å². The number of para-hydroxylation sites is 1. The molecule has 0 N–H and O–H groups in total. The van der Waals surface area contributed by atoms with Crippen LogP contribution in [0.2, 0.25) is 5.02 Å². The monoisotopic (exact) mass is 344 g/mol. The van der Waals surface area contributed by atoms with Crippen molar-refractivity contribution in [2.45, 2.75) is 25.3 Å². The maximum atomic E-state index is 14.4. The standard InChI is InChI=1S/C20H19ClFNO/c21-15-8-9-16(17(22)13-15)19-10-7-14-5-4-6-18(20(14)24-19)23-11-2-1-3-12-23/h4-10,13,19H,1-3,11-12H2/i19D. The normalized spacial score (nSPS) is 23.4. The van der Waals surface area contributed by atoms with Gasteiger partial charge in [0.15, 0.2) is 5.75 Å². The quantitative estimate of drug-likeness (QED) is 0.701. The number of piperidine rings is 1. The molecule has 1 unspecified atom stereocenters. The Labute approximate surface area is 147 Å². The van der Waals surface area contributed by atoms with Gasteiger partial charge in [-0.1, -0.05) is 35.9 Å². The molecule has 0 saturated carbocycles. The highest BCUT2D eigenvalue weighted by Gasteiger charge is 2.24. The van der Waals surface area contributed by atoms with Crippen molar-refractivity contribution in [3.8, 4) is 5.75 Å². The Morgan fingerprint density at radius 2 is 2.00 bits per heavy atom. The number of ether oxygens (including phenoxy) is 1. The van der Waals surface area contributed by atoms with Gasteiger partial charge >= 0.3 is 0 Å². The van der Waals surface area contributed by atoms with E-state index >= 15 is 0 Å². The first kappa shape index (κ1) is 14.4. The highest BCUT2D eigenvalue weighted by atomic mass is 35.5. The van der Waals surface area contributed by atoms with Gasteiger partial charge in [-0.3, -0.25) is 0 Å². The Morgan fingerprint density at radius 3 is 2.79 bits per heavy atom. The predicted molar refractivity (Wildman–Crippen MR) is 96.3 cm³/mol. The second-order valence-corrected chi connectivity index (χ2v) is 6.60. The Hall–Kier alpha value is -2.00. The lowest BCUT2D eigenvalue weighted by Gasteiger charge is -2.33. The SMILES string of the molecule is [2H]C1(c2ccc(Cl)cc2F)C=Cc2cccc(N3CCCCC3)c2O1. The van der Waals surface area contributed by atoms with Crippen LogP contribution in [0.1, 0.15) is 37.8 Å². The molecule has 0 spiro atoms. The minimum absolute atomic E-state index is 0.159. The van der Waals surface area contributed by atoms with Crippen LogP contribution in [0.25, 0.3) is 6.08 Å². The van der Waals surface area contributed by atoms with Gasteiger partial charge in [0.1, 0.15) is 11.9 Å². The van der Waals surface area contributed by atoms with Crippen LogP contribution in [0.15, 0.2) is 42.5 Å². The first-order chi connectivity index (χ1) is 12.1. The molecule has 1 atom stereocenters. The molecule has 0 bridgehead atoms. The molecule has 2 aliphatic rings. The lowest BCUT2D eigenvalue weighted by Crippen LogP contribution is -2.30. The summed E-state index contributed by atoms with van der Waals surface area (Å²) in [5, 5.41) is 0.305. The molecule has 2 nitrogen and oxygen atoms in total. The Balaban J connectivity index is 1.75. The summed E-state index contributed by atoms with van der Waals surface area (Å²) in [4.78, 5) is 2.29. The number of fused-ring (bicyclic) bond motifs is 1.